The fourth-order valence-corrected chi connectivity index (χ4v) is 4.05. The van der Waals surface area contributed by atoms with E-state index in [1.165, 1.54) is 23.2 Å². The van der Waals surface area contributed by atoms with E-state index >= 15 is 0 Å². The Kier molecular flexibility index (Phi) is 3.78. The maximum atomic E-state index is 11.4. The summed E-state index contributed by atoms with van der Waals surface area (Å²) < 4.78 is 2.41. The highest BCUT2D eigenvalue weighted by Crippen LogP contribution is 2.42. The van der Waals surface area contributed by atoms with Gasteiger partial charge in [-0.2, -0.15) is 0 Å². The second-order valence-electron chi connectivity index (χ2n) is 8.23. The van der Waals surface area contributed by atoms with Crippen molar-refractivity contribution < 1.29 is 9.90 Å². The number of hydrogen-bond acceptors (Lipinski definition) is 1. The van der Waals surface area contributed by atoms with Crippen LogP contribution in [-0.4, -0.2) is 15.6 Å². The summed E-state index contributed by atoms with van der Waals surface area (Å²) in [6.07, 6.45) is 3.36. The molecule has 1 atom stereocenters. The van der Waals surface area contributed by atoms with E-state index in [4.69, 9.17) is 0 Å². The van der Waals surface area contributed by atoms with E-state index in [0.29, 0.717) is 17.5 Å². The van der Waals surface area contributed by atoms with Crippen LogP contribution in [0.25, 0.3) is 10.9 Å². The second-order valence-corrected chi connectivity index (χ2v) is 8.23. The summed E-state index contributed by atoms with van der Waals surface area (Å²) >= 11 is 0. The number of aromatic carboxylic acids is 1. The molecule has 0 amide bonds. The Balaban J connectivity index is 2.22. The first-order valence-corrected chi connectivity index (χ1v) is 8.59. The van der Waals surface area contributed by atoms with Crippen LogP contribution in [0.3, 0.4) is 0 Å². The molecule has 23 heavy (non-hydrogen) atoms. The number of nitrogens with zero attached hydrogens (tertiary/aromatic N) is 1. The Morgan fingerprint density at radius 2 is 2.00 bits per heavy atom. The lowest BCUT2D eigenvalue weighted by atomic mass is 9.71. The van der Waals surface area contributed by atoms with E-state index < -0.39 is 5.97 Å². The molecule has 0 saturated carbocycles. The average Bonchev–Trinajstić information content (AvgIpc) is 2.79. The van der Waals surface area contributed by atoms with Crippen LogP contribution in [0.2, 0.25) is 0 Å². The van der Waals surface area contributed by atoms with Crippen molar-refractivity contribution in [2.75, 3.05) is 0 Å². The molecule has 1 heterocycles. The van der Waals surface area contributed by atoms with Crippen LogP contribution in [-0.2, 0) is 12.8 Å². The maximum Gasteiger partial charge on any atom is 0.335 e. The number of hydrogen-bond donors (Lipinski definition) is 1. The van der Waals surface area contributed by atoms with Gasteiger partial charge in [0.05, 0.1) is 5.56 Å². The van der Waals surface area contributed by atoms with Crippen molar-refractivity contribution in [1.29, 1.82) is 0 Å². The zero-order valence-electron chi connectivity index (χ0n) is 14.8. The maximum absolute atomic E-state index is 11.4. The normalized spacial score (nSPS) is 18.4. The molecule has 1 aliphatic carbocycles. The Morgan fingerprint density at radius 3 is 2.57 bits per heavy atom. The third-order valence-electron chi connectivity index (χ3n) is 5.39. The highest BCUT2D eigenvalue weighted by atomic mass is 16.4. The molecular weight excluding hydrogens is 286 g/mol. The molecule has 0 aliphatic heterocycles. The van der Waals surface area contributed by atoms with Crippen molar-refractivity contribution in [2.24, 2.45) is 11.3 Å². The van der Waals surface area contributed by atoms with E-state index in [9.17, 15) is 9.90 Å². The first kappa shape index (κ1) is 16.1. The van der Waals surface area contributed by atoms with Crippen molar-refractivity contribution in [3.05, 3.63) is 35.0 Å². The molecule has 2 aromatic rings. The van der Waals surface area contributed by atoms with Crippen molar-refractivity contribution in [2.45, 2.75) is 59.9 Å². The standard InChI is InChI=1S/C20H27NO2/c1-12(2)21-17-8-6-13(19(22)23)10-15(17)16-11-14(20(3,4)5)7-9-18(16)21/h6,8,10,12,14H,7,9,11H2,1-5H3,(H,22,23). The second kappa shape index (κ2) is 5.40. The van der Waals surface area contributed by atoms with E-state index in [1.807, 2.05) is 12.1 Å². The van der Waals surface area contributed by atoms with Crippen LogP contribution in [0, 0.1) is 11.3 Å². The fourth-order valence-electron chi connectivity index (χ4n) is 4.05. The molecule has 0 fully saturated rings. The molecule has 124 valence electrons. The van der Waals surface area contributed by atoms with Crippen LogP contribution in [0.15, 0.2) is 18.2 Å². The zero-order valence-corrected chi connectivity index (χ0v) is 14.8. The monoisotopic (exact) mass is 313 g/mol. The molecule has 1 aromatic heterocycles. The molecule has 1 aromatic carbocycles. The summed E-state index contributed by atoms with van der Waals surface area (Å²) in [4.78, 5) is 11.4. The van der Waals surface area contributed by atoms with Crippen molar-refractivity contribution in [1.82, 2.24) is 4.57 Å². The van der Waals surface area contributed by atoms with Crippen LogP contribution < -0.4 is 0 Å². The van der Waals surface area contributed by atoms with Gasteiger partial charge in [-0.3, -0.25) is 0 Å². The molecular formula is C20H27NO2. The minimum atomic E-state index is -0.846. The molecule has 1 aliphatic rings. The van der Waals surface area contributed by atoms with Gasteiger partial charge >= 0.3 is 5.97 Å². The number of aromatic nitrogens is 1. The number of carbonyl (C=O) groups is 1. The van der Waals surface area contributed by atoms with Crippen LogP contribution >= 0.6 is 0 Å². The predicted molar refractivity (Wildman–Crippen MR) is 94.3 cm³/mol. The van der Waals surface area contributed by atoms with Gasteiger partial charge in [0.15, 0.2) is 0 Å². The summed E-state index contributed by atoms with van der Waals surface area (Å²) in [5.74, 6) is -0.198. The van der Waals surface area contributed by atoms with Crippen LogP contribution in [0.1, 0.15) is 68.7 Å². The van der Waals surface area contributed by atoms with Gasteiger partial charge in [0, 0.05) is 22.6 Å². The van der Waals surface area contributed by atoms with E-state index in [-0.39, 0.29) is 5.41 Å². The summed E-state index contributed by atoms with van der Waals surface area (Å²) in [6, 6.07) is 5.99. The summed E-state index contributed by atoms with van der Waals surface area (Å²) in [5, 5.41) is 10.5. The lowest BCUT2D eigenvalue weighted by molar-refractivity contribution is 0.0697. The smallest absolute Gasteiger partial charge is 0.335 e. The minimum Gasteiger partial charge on any atom is -0.478 e. The minimum absolute atomic E-state index is 0.286. The Labute approximate surface area is 138 Å². The van der Waals surface area contributed by atoms with Gasteiger partial charge in [-0.15, -0.1) is 0 Å². The van der Waals surface area contributed by atoms with Crippen molar-refractivity contribution in [3.8, 4) is 0 Å². The molecule has 0 bridgehead atoms. The lowest BCUT2D eigenvalue weighted by Crippen LogP contribution is -2.27. The van der Waals surface area contributed by atoms with Gasteiger partial charge in [0.25, 0.3) is 0 Å². The number of benzene rings is 1. The zero-order chi connectivity index (χ0) is 16.9. The SMILES string of the molecule is CC(C)n1c2c(c3cc(C(=O)O)ccc31)CC(C(C)(C)C)CC2. The van der Waals surface area contributed by atoms with Crippen molar-refractivity contribution >= 4 is 16.9 Å². The molecule has 3 nitrogen and oxygen atoms in total. The summed E-state index contributed by atoms with van der Waals surface area (Å²) in [5.41, 5.74) is 4.65. The first-order valence-electron chi connectivity index (χ1n) is 8.59. The quantitative estimate of drug-likeness (QED) is 0.841. The topological polar surface area (TPSA) is 42.2 Å². The molecule has 3 heteroatoms. The highest BCUT2D eigenvalue weighted by Gasteiger charge is 2.32. The number of rotatable bonds is 2. The predicted octanol–water partition coefficient (Wildman–Crippen LogP) is 5.07. The van der Waals surface area contributed by atoms with Gasteiger partial charge in [-0.1, -0.05) is 20.8 Å². The number of fused-ring (bicyclic) bond motifs is 3. The van der Waals surface area contributed by atoms with E-state index in [2.05, 4.69) is 39.2 Å². The number of carboxylic acid groups (broad SMARTS) is 1. The highest BCUT2D eigenvalue weighted by molar-refractivity contribution is 5.95. The van der Waals surface area contributed by atoms with Crippen LogP contribution in [0.5, 0.6) is 0 Å². The molecule has 0 saturated heterocycles. The van der Waals surface area contributed by atoms with Gasteiger partial charge in [0.2, 0.25) is 0 Å². The average molecular weight is 313 g/mol. The first-order chi connectivity index (χ1) is 10.7. The molecule has 0 spiro atoms. The van der Waals surface area contributed by atoms with Gasteiger partial charge < -0.3 is 9.67 Å². The van der Waals surface area contributed by atoms with Crippen molar-refractivity contribution in [3.63, 3.8) is 0 Å². The number of carboxylic acids is 1. The van der Waals surface area contributed by atoms with E-state index in [0.717, 1.165) is 18.2 Å². The molecule has 1 N–H and O–H groups in total. The Bertz CT molecular complexity index is 762. The third kappa shape index (κ3) is 2.66. The van der Waals surface area contributed by atoms with E-state index in [1.54, 1.807) is 6.07 Å². The summed E-state index contributed by atoms with van der Waals surface area (Å²) in [6.45, 7) is 11.4. The van der Waals surface area contributed by atoms with Crippen LogP contribution in [0.4, 0.5) is 0 Å². The Morgan fingerprint density at radius 1 is 1.30 bits per heavy atom. The Hall–Kier alpha value is -1.77. The molecule has 0 radical (unpaired) electrons. The van der Waals surface area contributed by atoms with Gasteiger partial charge in [-0.25, -0.2) is 4.79 Å². The lowest BCUT2D eigenvalue weighted by Gasteiger charge is -2.34. The third-order valence-corrected chi connectivity index (χ3v) is 5.39. The molecule has 3 rings (SSSR count). The molecule has 1 unspecified atom stereocenters. The van der Waals surface area contributed by atoms with Gasteiger partial charge in [0.1, 0.15) is 0 Å². The van der Waals surface area contributed by atoms with Gasteiger partial charge in [-0.05, 0) is 68.2 Å². The summed E-state index contributed by atoms with van der Waals surface area (Å²) in [7, 11) is 0. The largest absolute Gasteiger partial charge is 0.478 e. The fraction of sp³-hybridized carbons (Fsp3) is 0.550.